The number of allylic oxidation sites excluding steroid dienone is 1. The van der Waals surface area contributed by atoms with Crippen LogP contribution in [0.1, 0.15) is 15.9 Å². The summed E-state index contributed by atoms with van der Waals surface area (Å²) in [6.45, 7) is 0. The summed E-state index contributed by atoms with van der Waals surface area (Å²) < 4.78 is 11.0. The van der Waals surface area contributed by atoms with Gasteiger partial charge in [0.05, 0.1) is 14.2 Å². The maximum Gasteiger partial charge on any atom is 0.187 e. The molecule has 0 bridgehead atoms. The lowest BCUT2D eigenvalue weighted by Gasteiger charge is -2.10. The molecule has 2 rings (SSSR count). The molecule has 0 saturated heterocycles. The summed E-state index contributed by atoms with van der Waals surface area (Å²) in [5.74, 6) is 0.835. The molecular weight excluding hydrogens is 403 g/mol. The molecule has 0 aromatic heterocycles. The molecule has 0 heterocycles. The van der Waals surface area contributed by atoms with Crippen molar-refractivity contribution in [2.45, 2.75) is 0 Å². The van der Waals surface area contributed by atoms with E-state index in [0.29, 0.717) is 37.1 Å². The average Bonchev–Trinajstić information content (AvgIpc) is 2.53. The number of rotatable bonds is 5. The van der Waals surface area contributed by atoms with Crippen molar-refractivity contribution in [3.8, 4) is 11.5 Å². The van der Waals surface area contributed by atoms with Crippen molar-refractivity contribution in [1.29, 1.82) is 0 Å². The molecule has 0 aliphatic carbocycles. The molecule has 0 unspecified atom stereocenters. The largest absolute Gasteiger partial charge is 0.493 e. The van der Waals surface area contributed by atoms with Crippen LogP contribution in [-0.4, -0.2) is 20.0 Å². The molecule has 3 nitrogen and oxygen atoms in total. The number of methoxy groups -OCH3 is 2. The highest BCUT2D eigenvalue weighted by molar-refractivity contribution is 9.10. The van der Waals surface area contributed by atoms with Crippen molar-refractivity contribution in [3.63, 3.8) is 0 Å². The van der Waals surface area contributed by atoms with Gasteiger partial charge in [-0.05, 0) is 57.9 Å². The van der Waals surface area contributed by atoms with E-state index in [1.165, 1.54) is 20.3 Å². The molecule has 2 aromatic rings. The van der Waals surface area contributed by atoms with Crippen molar-refractivity contribution >= 4 is 51.0 Å². The van der Waals surface area contributed by atoms with Gasteiger partial charge in [0.25, 0.3) is 0 Å². The SMILES string of the molecule is COc1cc(Br)c(C(=O)C=Cc2ccc(Cl)cc2Cl)cc1OC. The number of benzene rings is 2. The van der Waals surface area contributed by atoms with E-state index in [-0.39, 0.29) is 5.78 Å². The Bertz CT molecular complexity index is 773. The number of carbonyl (C=O) groups is 1. The molecule has 2 aromatic carbocycles. The average molecular weight is 416 g/mol. The van der Waals surface area contributed by atoms with Crippen LogP contribution in [0.25, 0.3) is 6.08 Å². The van der Waals surface area contributed by atoms with Gasteiger partial charge in [-0.2, -0.15) is 0 Å². The summed E-state index contributed by atoms with van der Waals surface area (Å²) in [4.78, 5) is 12.4. The monoisotopic (exact) mass is 414 g/mol. The van der Waals surface area contributed by atoms with E-state index in [0.717, 1.165) is 0 Å². The van der Waals surface area contributed by atoms with E-state index in [1.54, 1.807) is 36.4 Å². The van der Waals surface area contributed by atoms with Gasteiger partial charge in [-0.3, -0.25) is 4.79 Å². The fourth-order valence-electron chi connectivity index (χ4n) is 1.93. The van der Waals surface area contributed by atoms with Crippen LogP contribution in [0.15, 0.2) is 40.9 Å². The van der Waals surface area contributed by atoms with E-state index in [2.05, 4.69) is 15.9 Å². The highest BCUT2D eigenvalue weighted by Crippen LogP contribution is 2.33. The lowest BCUT2D eigenvalue weighted by atomic mass is 10.1. The van der Waals surface area contributed by atoms with Crippen LogP contribution in [0.3, 0.4) is 0 Å². The van der Waals surface area contributed by atoms with Crippen LogP contribution in [-0.2, 0) is 0 Å². The zero-order valence-electron chi connectivity index (χ0n) is 12.4. The number of hydrogen-bond donors (Lipinski definition) is 0. The topological polar surface area (TPSA) is 35.5 Å². The van der Waals surface area contributed by atoms with Crippen molar-refractivity contribution in [2.24, 2.45) is 0 Å². The number of hydrogen-bond acceptors (Lipinski definition) is 3. The van der Waals surface area contributed by atoms with Gasteiger partial charge in [-0.25, -0.2) is 0 Å². The van der Waals surface area contributed by atoms with E-state index in [9.17, 15) is 4.79 Å². The summed E-state index contributed by atoms with van der Waals surface area (Å²) in [6.07, 6.45) is 3.09. The minimum Gasteiger partial charge on any atom is -0.493 e. The molecule has 120 valence electrons. The molecule has 0 aliphatic rings. The molecule has 0 saturated carbocycles. The van der Waals surface area contributed by atoms with Crippen molar-refractivity contribution in [2.75, 3.05) is 14.2 Å². The second kappa shape index (κ2) is 7.86. The number of ether oxygens (including phenoxy) is 2. The zero-order chi connectivity index (χ0) is 17.0. The maximum atomic E-state index is 12.4. The summed E-state index contributed by atoms with van der Waals surface area (Å²) >= 11 is 15.3. The molecule has 0 aliphatic heterocycles. The van der Waals surface area contributed by atoms with Crippen LogP contribution in [0.2, 0.25) is 10.0 Å². The third-order valence-corrected chi connectivity index (χ3v) is 4.33. The van der Waals surface area contributed by atoms with Gasteiger partial charge in [0.2, 0.25) is 0 Å². The molecular formula is C17H13BrCl2O3. The van der Waals surface area contributed by atoms with E-state index < -0.39 is 0 Å². The quantitative estimate of drug-likeness (QED) is 0.466. The van der Waals surface area contributed by atoms with E-state index in [4.69, 9.17) is 32.7 Å². The van der Waals surface area contributed by atoms with Gasteiger partial charge >= 0.3 is 0 Å². The first-order valence-electron chi connectivity index (χ1n) is 6.55. The minimum atomic E-state index is -0.191. The standard InChI is InChI=1S/C17H13BrCl2O3/c1-22-16-8-12(13(18)9-17(16)23-2)15(21)6-4-10-3-5-11(19)7-14(10)20/h3-9H,1-2H3. The third kappa shape index (κ3) is 4.28. The Morgan fingerprint density at radius 1 is 1.09 bits per heavy atom. The lowest BCUT2D eigenvalue weighted by Crippen LogP contribution is -1.99. The van der Waals surface area contributed by atoms with Crippen molar-refractivity contribution in [1.82, 2.24) is 0 Å². The lowest BCUT2D eigenvalue weighted by molar-refractivity contribution is 0.104. The van der Waals surface area contributed by atoms with Gasteiger partial charge in [0.15, 0.2) is 17.3 Å². The molecule has 0 amide bonds. The first-order chi connectivity index (χ1) is 11.0. The van der Waals surface area contributed by atoms with E-state index >= 15 is 0 Å². The van der Waals surface area contributed by atoms with Gasteiger partial charge in [-0.15, -0.1) is 0 Å². The Hall–Kier alpha value is -1.49. The van der Waals surface area contributed by atoms with Crippen LogP contribution >= 0.6 is 39.1 Å². The highest BCUT2D eigenvalue weighted by Gasteiger charge is 2.13. The summed E-state index contributed by atoms with van der Waals surface area (Å²) in [5.41, 5.74) is 1.17. The summed E-state index contributed by atoms with van der Waals surface area (Å²) in [5, 5.41) is 1.02. The molecule has 0 radical (unpaired) electrons. The molecule has 0 fully saturated rings. The second-order valence-electron chi connectivity index (χ2n) is 4.55. The zero-order valence-corrected chi connectivity index (χ0v) is 15.5. The third-order valence-electron chi connectivity index (χ3n) is 3.12. The van der Waals surface area contributed by atoms with Gasteiger partial charge in [-0.1, -0.05) is 29.3 Å². The van der Waals surface area contributed by atoms with Crippen molar-refractivity contribution in [3.05, 3.63) is 62.1 Å². The van der Waals surface area contributed by atoms with Gasteiger partial charge < -0.3 is 9.47 Å². The van der Waals surface area contributed by atoms with E-state index in [1.807, 2.05) is 0 Å². The first kappa shape index (κ1) is 17.9. The van der Waals surface area contributed by atoms with Crippen molar-refractivity contribution < 1.29 is 14.3 Å². The Morgan fingerprint density at radius 2 is 1.74 bits per heavy atom. The number of halogens is 3. The van der Waals surface area contributed by atoms with Gasteiger partial charge in [0.1, 0.15) is 0 Å². The van der Waals surface area contributed by atoms with Crippen LogP contribution in [0.5, 0.6) is 11.5 Å². The van der Waals surface area contributed by atoms with Crippen LogP contribution in [0, 0.1) is 0 Å². The van der Waals surface area contributed by atoms with Crippen LogP contribution < -0.4 is 9.47 Å². The Balaban J connectivity index is 2.32. The normalized spacial score (nSPS) is 10.8. The molecule has 23 heavy (non-hydrogen) atoms. The Kier molecular flexibility index (Phi) is 6.10. The molecule has 0 atom stereocenters. The first-order valence-corrected chi connectivity index (χ1v) is 8.10. The predicted octanol–water partition coefficient (Wildman–Crippen LogP) is 5.67. The van der Waals surface area contributed by atoms with Gasteiger partial charge in [0, 0.05) is 20.1 Å². The fraction of sp³-hybridized carbons (Fsp3) is 0.118. The fourth-order valence-corrected chi connectivity index (χ4v) is 2.92. The number of ketones is 1. The maximum absolute atomic E-state index is 12.4. The highest BCUT2D eigenvalue weighted by atomic mass is 79.9. The van der Waals surface area contributed by atoms with Crippen LogP contribution in [0.4, 0.5) is 0 Å². The predicted molar refractivity (Wildman–Crippen MR) is 97.1 cm³/mol. The molecule has 0 spiro atoms. The Morgan fingerprint density at radius 3 is 2.35 bits per heavy atom. The molecule has 0 N–H and O–H groups in total. The second-order valence-corrected chi connectivity index (χ2v) is 6.25. The summed E-state index contributed by atoms with van der Waals surface area (Å²) in [6, 6.07) is 8.40. The number of carbonyl (C=O) groups excluding carboxylic acids is 1. The minimum absolute atomic E-state index is 0.191. The smallest absolute Gasteiger partial charge is 0.187 e. The summed E-state index contributed by atoms with van der Waals surface area (Å²) in [7, 11) is 3.05. The molecule has 6 heteroatoms. The Labute approximate surface area is 152 Å².